The van der Waals surface area contributed by atoms with E-state index in [4.69, 9.17) is 0 Å². The molecule has 0 fully saturated rings. The van der Waals surface area contributed by atoms with Crippen LogP contribution in [-0.2, 0) is 0 Å². The van der Waals surface area contributed by atoms with Gasteiger partial charge in [-0.1, -0.05) is 0 Å². The molecule has 1 aromatic heterocycles. The predicted molar refractivity (Wildman–Crippen MR) is 44.3 cm³/mol. The van der Waals surface area contributed by atoms with Crippen molar-refractivity contribution in [2.45, 2.75) is 19.3 Å². The van der Waals surface area contributed by atoms with Gasteiger partial charge in [-0.05, 0) is 19.1 Å². The lowest BCUT2D eigenvalue weighted by molar-refractivity contribution is -0.0956. The molecule has 0 atom stereocenters. The predicted octanol–water partition coefficient (Wildman–Crippen LogP) is 3.14. The summed E-state index contributed by atoms with van der Waals surface area (Å²) in [6.07, 6.45) is -3.96. The van der Waals surface area contributed by atoms with E-state index < -0.39 is 18.1 Å². The Hall–Kier alpha value is -0.910. The van der Waals surface area contributed by atoms with Crippen LogP contribution >= 0.6 is 11.3 Å². The minimum absolute atomic E-state index is 0.340. The van der Waals surface area contributed by atoms with Gasteiger partial charge in [-0.3, -0.25) is 4.79 Å². The number of aryl methyl sites for hydroxylation is 1. The van der Waals surface area contributed by atoms with Crippen molar-refractivity contribution >= 4 is 17.1 Å². The summed E-state index contributed by atoms with van der Waals surface area (Å²) in [4.78, 5) is 11.2. The lowest BCUT2D eigenvalue weighted by atomic mass is 10.2. The summed E-state index contributed by atoms with van der Waals surface area (Å²) in [7, 11) is 0. The number of carbonyl (C=O) groups is 1. The molecule has 1 heterocycles. The van der Waals surface area contributed by atoms with Crippen LogP contribution in [0.1, 0.15) is 14.5 Å². The third-order valence-corrected chi connectivity index (χ3v) is 2.54. The maximum Gasteiger partial charge on any atom is 0.369 e. The van der Waals surface area contributed by atoms with E-state index in [1.54, 1.807) is 6.92 Å². The number of ketones is 1. The molecule has 0 aliphatic heterocycles. The van der Waals surface area contributed by atoms with Crippen LogP contribution in [0.4, 0.5) is 17.6 Å². The largest absolute Gasteiger partial charge is 0.369 e. The van der Waals surface area contributed by atoms with Crippen molar-refractivity contribution in [1.82, 2.24) is 0 Å². The van der Waals surface area contributed by atoms with Crippen LogP contribution < -0.4 is 0 Å². The van der Waals surface area contributed by atoms with Crippen molar-refractivity contribution in [3.63, 3.8) is 0 Å². The van der Waals surface area contributed by atoms with E-state index >= 15 is 0 Å². The molecular weight excluding hydrogens is 220 g/mol. The molecule has 0 radical (unpaired) electrons. The Kier molecular flexibility index (Phi) is 2.94. The first-order valence-electron chi connectivity index (χ1n) is 3.63. The van der Waals surface area contributed by atoms with Gasteiger partial charge in [0.15, 0.2) is 0 Å². The molecule has 78 valence electrons. The van der Waals surface area contributed by atoms with Crippen molar-refractivity contribution in [1.29, 1.82) is 0 Å². The zero-order valence-electron chi connectivity index (χ0n) is 7.06. The first kappa shape index (κ1) is 11.2. The summed E-state index contributed by atoms with van der Waals surface area (Å²) in [5, 5.41) is 0. The summed E-state index contributed by atoms with van der Waals surface area (Å²) in [5.74, 6) is -6.40. The molecule has 6 heteroatoms. The van der Waals surface area contributed by atoms with Crippen LogP contribution in [0.2, 0.25) is 0 Å². The SMILES string of the molecule is Cc1ccc(C(=O)C(F)(F)C(F)F)s1. The van der Waals surface area contributed by atoms with Gasteiger partial charge in [-0.25, -0.2) is 8.78 Å². The van der Waals surface area contributed by atoms with E-state index in [1.165, 1.54) is 6.07 Å². The highest BCUT2D eigenvalue weighted by Gasteiger charge is 2.49. The summed E-state index contributed by atoms with van der Waals surface area (Å²) < 4.78 is 48.7. The maximum atomic E-state index is 12.5. The van der Waals surface area contributed by atoms with Crippen molar-refractivity contribution in [3.8, 4) is 0 Å². The standard InChI is InChI=1S/C8H6F4OS/c1-4-2-3-5(14-4)6(13)8(11,12)7(9)10/h2-3,7H,1H3. The van der Waals surface area contributed by atoms with Crippen LogP contribution in [0, 0.1) is 6.92 Å². The van der Waals surface area contributed by atoms with E-state index in [0.29, 0.717) is 4.88 Å². The minimum Gasteiger partial charge on any atom is -0.286 e. The van der Waals surface area contributed by atoms with Crippen LogP contribution in [0.5, 0.6) is 0 Å². The van der Waals surface area contributed by atoms with Gasteiger partial charge in [0, 0.05) is 4.88 Å². The average molecular weight is 226 g/mol. The lowest BCUT2D eigenvalue weighted by Gasteiger charge is -2.11. The molecule has 0 aliphatic carbocycles. The average Bonchev–Trinajstić information content (AvgIpc) is 2.50. The Labute approximate surface area is 81.4 Å². The van der Waals surface area contributed by atoms with Crippen molar-refractivity contribution in [2.24, 2.45) is 0 Å². The normalized spacial score (nSPS) is 12.1. The van der Waals surface area contributed by atoms with Gasteiger partial charge in [0.05, 0.1) is 4.88 Å². The molecule has 1 nitrogen and oxygen atoms in total. The number of hydrogen-bond donors (Lipinski definition) is 0. The second-order valence-corrected chi connectivity index (χ2v) is 3.95. The van der Waals surface area contributed by atoms with Crippen LogP contribution in [-0.4, -0.2) is 18.1 Å². The fraction of sp³-hybridized carbons (Fsp3) is 0.375. The highest BCUT2D eigenvalue weighted by Crippen LogP contribution is 2.30. The molecule has 0 aliphatic rings. The molecule has 0 unspecified atom stereocenters. The van der Waals surface area contributed by atoms with Crippen molar-refractivity contribution < 1.29 is 22.4 Å². The lowest BCUT2D eigenvalue weighted by Crippen LogP contribution is -2.36. The Morgan fingerprint density at radius 3 is 2.36 bits per heavy atom. The number of thiophene rings is 1. The number of rotatable bonds is 3. The topological polar surface area (TPSA) is 17.1 Å². The first-order valence-corrected chi connectivity index (χ1v) is 4.44. The smallest absolute Gasteiger partial charge is 0.286 e. The first-order chi connectivity index (χ1) is 6.35. The zero-order valence-corrected chi connectivity index (χ0v) is 7.88. The molecule has 0 N–H and O–H groups in total. The van der Waals surface area contributed by atoms with E-state index in [2.05, 4.69) is 0 Å². The maximum absolute atomic E-state index is 12.5. The Bertz CT molecular complexity index is 345. The molecule has 1 rings (SSSR count). The molecule has 0 spiro atoms. The fourth-order valence-electron chi connectivity index (χ4n) is 0.820. The van der Waals surface area contributed by atoms with Gasteiger partial charge in [-0.15, -0.1) is 11.3 Å². The Morgan fingerprint density at radius 2 is 2.00 bits per heavy atom. The minimum atomic E-state index is -4.59. The Balaban J connectivity index is 2.96. The van der Waals surface area contributed by atoms with Crippen molar-refractivity contribution in [2.75, 3.05) is 0 Å². The van der Waals surface area contributed by atoms with E-state index in [-0.39, 0.29) is 4.88 Å². The molecule has 0 bridgehead atoms. The third kappa shape index (κ3) is 1.95. The van der Waals surface area contributed by atoms with E-state index in [1.807, 2.05) is 0 Å². The second-order valence-electron chi connectivity index (χ2n) is 2.66. The van der Waals surface area contributed by atoms with Crippen LogP contribution in [0.25, 0.3) is 0 Å². The van der Waals surface area contributed by atoms with E-state index in [9.17, 15) is 22.4 Å². The third-order valence-electron chi connectivity index (χ3n) is 1.54. The molecule has 0 amide bonds. The van der Waals surface area contributed by atoms with Crippen LogP contribution in [0.3, 0.4) is 0 Å². The molecule has 0 saturated carbocycles. The monoisotopic (exact) mass is 226 g/mol. The number of Topliss-reactive ketones (excluding diaryl/α,β-unsaturated/α-hetero) is 1. The van der Waals surface area contributed by atoms with E-state index in [0.717, 1.165) is 17.4 Å². The molecular formula is C8H6F4OS. The van der Waals surface area contributed by atoms with Gasteiger partial charge in [-0.2, -0.15) is 8.78 Å². The number of alkyl halides is 4. The highest BCUT2D eigenvalue weighted by molar-refractivity contribution is 7.14. The molecule has 0 saturated heterocycles. The summed E-state index contributed by atoms with van der Waals surface area (Å²) >= 11 is 0.777. The van der Waals surface area contributed by atoms with Gasteiger partial charge in [0.25, 0.3) is 0 Å². The summed E-state index contributed by atoms with van der Waals surface area (Å²) in [5.41, 5.74) is 0. The fourth-order valence-corrected chi connectivity index (χ4v) is 1.67. The van der Waals surface area contributed by atoms with Gasteiger partial charge in [0.2, 0.25) is 5.78 Å². The quantitative estimate of drug-likeness (QED) is 0.571. The highest BCUT2D eigenvalue weighted by atomic mass is 32.1. The van der Waals surface area contributed by atoms with Gasteiger partial charge >= 0.3 is 12.3 Å². The van der Waals surface area contributed by atoms with Crippen LogP contribution in [0.15, 0.2) is 12.1 Å². The summed E-state index contributed by atoms with van der Waals surface area (Å²) in [6.45, 7) is 1.60. The van der Waals surface area contributed by atoms with Gasteiger partial charge in [0.1, 0.15) is 0 Å². The Morgan fingerprint density at radius 1 is 1.43 bits per heavy atom. The molecule has 1 aromatic rings. The number of carbonyl (C=O) groups excluding carboxylic acids is 1. The molecule has 14 heavy (non-hydrogen) atoms. The van der Waals surface area contributed by atoms with Crippen molar-refractivity contribution in [3.05, 3.63) is 21.9 Å². The zero-order chi connectivity index (χ0) is 10.9. The van der Waals surface area contributed by atoms with Gasteiger partial charge < -0.3 is 0 Å². The molecule has 0 aromatic carbocycles. The second kappa shape index (κ2) is 3.68. The summed E-state index contributed by atoms with van der Waals surface area (Å²) in [6, 6.07) is 2.55. The number of halogens is 4. The number of hydrogen-bond acceptors (Lipinski definition) is 2.